The van der Waals surface area contributed by atoms with Gasteiger partial charge in [-0.3, -0.25) is 0 Å². The third kappa shape index (κ3) is 3.77. The highest BCUT2D eigenvalue weighted by Gasteiger charge is 2.31. The van der Waals surface area contributed by atoms with Crippen LogP contribution in [-0.4, -0.2) is 4.98 Å². The second kappa shape index (κ2) is 5.79. The molecular formula is C12H9Cl2F3N2S. The van der Waals surface area contributed by atoms with Crippen LogP contribution in [0.15, 0.2) is 24.3 Å². The highest BCUT2D eigenvalue weighted by atomic mass is 35.5. The second-order valence-corrected chi connectivity index (χ2v) is 6.20. The minimum Gasteiger partial charge on any atom is -0.363 e. The highest BCUT2D eigenvalue weighted by Crippen LogP contribution is 2.33. The molecule has 0 aliphatic heterocycles. The maximum absolute atomic E-state index is 12.7. The predicted molar refractivity (Wildman–Crippen MR) is 75.6 cm³/mol. The topological polar surface area (TPSA) is 24.9 Å². The van der Waals surface area contributed by atoms with Crippen molar-refractivity contribution in [2.45, 2.75) is 19.1 Å². The molecule has 1 atom stereocenters. The number of anilines is 1. The van der Waals surface area contributed by atoms with Gasteiger partial charge in [-0.1, -0.05) is 23.2 Å². The zero-order valence-corrected chi connectivity index (χ0v) is 12.5. The molecule has 0 aromatic carbocycles. The SMILES string of the molecule is CC(Nc1cc(C(F)(F)F)cc(Cl)n1)c1ccc(Cl)s1. The van der Waals surface area contributed by atoms with Crippen LogP contribution in [0.25, 0.3) is 0 Å². The standard InChI is InChI=1S/C12H9Cl2F3N2S/c1-6(8-2-3-10(14)20-8)18-11-5-7(12(15,16)17)4-9(13)19-11/h2-6H,1H3,(H,18,19). The summed E-state index contributed by atoms with van der Waals surface area (Å²) in [6.07, 6.45) is -4.46. The van der Waals surface area contributed by atoms with E-state index < -0.39 is 11.7 Å². The van der Waals surface area contributed by atoms with Gasteiger partial charge in [-0.15, -0.1) is 11.3 Å². The summed E-state index contributed by atoms with van der Waals surface area (Å²) < 4.78 is 38.7. The fourth-order valence-electron chi connectivity index (χ4n) is 1.59. The number of nitrogens with zero attached hydrogens (tertiary/aromatic N) is 1. The van der Waals surface area contributed by atoms with E-state index in [0.29, 0.717) is 4.34 Å². The number of thiophene rings is 1. The Balaban J connectivity index is 2.23. The summed E-state index contributed by atoms with van der Waals surface area (Å²) in [5, 5.41) is 2.67. The van der Waals surface area contributed by atoms with E-state index >= 15 is 0 Å². The van der Waals surface area contributed by atoms with Gasteiger partial charge in [-0.25, -0.2) is 4.98 Å². The van der Waals surface area contributed by atoms with E-state index in [4.69, 9.17) is 23.2 Å². The van der Waals surface area contributed by atoms with E-state index in [1.807, 2.05) is 0 Å². The minimum atomic E-state index is -4.46. The van der Waals surface area contributed by atoms with E-state index in [1.165, 1.54) is 11.3 Å². The number of aromatic nitrogens is 1. The lowest BCUT2D eigenvalue weighted by molar-refractivity contribution is -0.137. The molecule has 0 fully saturated rings. The molecule has 0 saturated heterocycles. The molecule has 2 nitrogen and oxygen atoms in total. The molecule has 0 spiro atoms. The predicted octanol–water partition coefficient (Wildman–Crippen LogP) is 5.64. The number of alkyl halides is 3. The van der Waals surface area contributed by atoms with E-state index in [0.717, 1.165) is 17.0 Å². The Labute approximate surface area is 127 Å². The maximum Gasteiger partial charge on any atom is 0.416 e. The molecule has 0 radical (unpaired) electrons. The van der Waals surface area contributed by atoms with Crippen LogP contribution in [-0.2, 0) is 6.18 Å². The van der Waals surface area contributed by atoms with E-state index in [-0.39, 0.29) is 17.0 Å². The van der Waals surface area contributed by atoms with Gasteiger partial charge in [0.2, 0.25) is 0 Å². The monoisotopic (exact) mass is 340 g/mol. The Hall–Kier alpha value is -0.980. The van der Waals surface area contributed by atoms with Gasteiger partial charge in [0.25, 0.3) is 0 Å². The van der Waals surface area contributed by atoms with Crippen molar-refractivity contribution in [2.24, 2.45) is 0 Å². The lowest BCUT2D eigenvalue weighted by Crippen LogP contribution is -2.10. The minimum absolute atomic E-state index is 0.0712. The first kappa shape index (κ1) is 15.4. The first-order chi connectivity index (χ1) is 9.25. The maximum atomic E-state index is 12.7. The second-order valence-electron chi connectivity index (χ2n) is 4.07. The summed E-state index contributed by atoms with van der Waals surface area (Å²) in [7, 11) is 0. The Morgan fingerprint density at radius 3 is 2.50 bits per heavy atom. The molecule has 20 heavy (non-hydrogen) atoms. The Morgan fingerprint density at radius 2 is 1.95 bits per heavy atom. The van der Waals surface area contributed by atoms with Crippen molar-refractivity contribution >= 4 is 40.4 Å². The van der Waals surface area contributed by atoms with Crippen molar-refractivity contribution in [3.63, 3.8) is 0 Å². The molecule has 2 rings (SSSR count). The van der Waals surface area contributed by atoms with Crippen LogP contribution in [0.1, 0.15) is 23.4 Å². The first-order valence-corrected chi connectivity index (χ1v) is 7.09. The van der Waals surface area contributed by atoms with Gasteiger partial charge in [-0.05, 0) is 31.2 Å². The van der Waals surface area contributed by atoms with Crippen molar-refractivity contribution < 1.29 is 13.2 Å². The van der Waals surface area contributed by atoms with Gasteiger partial charge in [0.1, 0.15) is 11.0 Å². The average Bonchev–Trinajstić information content (AvgIpc) is 2.74. The molecule has 2 aromatic heterocycles. The third-order valence-electron chi connectivity index (χ3n) is 2.51. The van der Waals surface area contributed by atoms with Gasteiger partial charge in [0, 0.05) is 4.88 Å². The summed E-state index contributed by atoms with van der Waals surface area (Å²) in [5.41, 5.74) is -0.837. The quantitative estimate of drug-likeness (QED) is 0.731. The molecule has 1 N–H and O–H groups in total. The Kier molecular flexibility index (Phi) is 4.46. The Bertz CT molecular complexity index is 613. The zero-order chi connectivity index (χ0) is 14.9. The van der Waals surface area contributed by atoms with Crippen LogP contribution in [0.5, 0.6) is 0 Å². The van der Waals surface area contributed by atoms with Crippen LogP contribution < -0.4 is 5.32 Å². The number of rotatable bonds is 3. The molecule has 0 saturated carbocycles. The third-order valence-corrected chi connectivity index (χ3v) is 4.11. The van der Waals surface area contributed by atoms with Gasteiger partial charge in [0.15, 0.2) is 0 Å². The van der Waals surface area contributed by atoms with Crippen LogP contribution in [0, 0.1) is 0 Å². The smallest absolute Gasteiger partial charge is 0.363 e. The van der Waals surface area contributed by atoms with Crippen LogP contribution in [0.2, 0.25) is 9.49 Å². The lowest BCUT2D eigenvalue weighted by atomic mass is 10.2. The summed E-state index contributed by atoms with van der Waals surface area (Å²) in [4.78, 5) is 4.74. The molecule has 2 aromatic rings. The number of hydrogen-bond donors (Lipinski definition) is 1. The van der Waals surface area contributed by atoms with Crippen LogP contribution in [0.4, 0.5) is 19.0 Å². The Morgan fingerprint density at radius 1 is 1.25 bits per heavy atom. The molecule has 0 bridgehead atoms. The van der Waals surface area contributed by atoms with Crippen molar-refractivity contribution in [2.75, 3.05) is 5.32 Å². The van der Waals surface area contributed by atoms with E-state index in [1.54, 1.807) is 19.1 Å². The number of nitrogens with one attached hydrogen (secondary N) is 1. The molecule has 108 valence electrons. The fourth-order valence-corrected chi connectivity index (χ4v) is 2.86. The van der Waals surface area contributed by atoms with E-state index in [2.05, 4.69) is 10.3 Å². The highest BCUT2D eigenvalue weighted by molar-refractivity contribution is 7.16. The summed E-state index contributed by atoms with van der Waals surface area (Å²) in [6.45, 7) is 1.80. The van der Waals surface area contributed by atoms with Gasteiger partial charge in [0.05, 0.1) is 15.9 Å². The molecule has 0 amide bonds. The van der Waals surface area contributed by atoms with Crippen LogP contribution >= 0.6 is 34.5 Å². The van der Waals surface area contributed by atoms with Gasteiger partial charge >= 0.3 is 6.18 Å². The molecule has 2 heterocycles. The number of halogens is 5. The van der Waals surface area contributed by atoms with Crippen molar-refractivity contribution in [1.29, 1.82) is 0 Å². The van der Waals surface area contributed by atoms with E-state index in [9.17, 15) is 13.2 Å². The largest absolute Gasteiger partial charge is 0.416 e. The van der Waals surface area contributed by atoms with Crippen molar-refractivity contribution in [1.82, 2.24) is 4.98 Å². The summed E-state index contributed by atoms with van der Waals surface area (Å²) >= 11 is 12.8. The molecular weight excluding hydrogens is 332 g/mol. The van der Waals surface area contributed by atoms with Crippen molar-refractivity contribution in [3.05, 3.63) is 44.2 Å². The molecule has 1 unspecified atom stereocenters. The number of hydrogen-bond acceptors (Lipinski definition) is 3. The van der Waals surface area contributed by atoms with Crippen molar-refractivity contribution in [3.8, 4) is 0 Å². The molecule has 0 aliphatic carbocycles. The lowest BCUT2D eigenvalue weighted by Gasteiger charge is -2.15. The van der Waals surface area contributed by atoms with Gasteiger partial charge < -0.3 is 5.32 Å². The first-order valence-electron chi connectivity index (χ1n) is 5.52. The average molecular weight is 341 g/mol. The van der Waals surface area contributed by atoms with Gasteiger partial charge in [-0.2, -0.15) is 13.2 Å². The van der Waals surface area contributed by atoms with Crippen LogP contribution in [0.3, 0.4) is 0 Å². The molecule has 8 heteroatoms. The number of pyridine rings is 1. The summed E-state index contributed by atoms with van der Waals surface area (Å²) in [6, 6.07) is 5.03. The normalized spacial score (nSPS) is 13.3. The fraction of sp³-hybridized carbons (Fsp3) is 0.250. The molecule has 0 aliphatic rings. The summed E-state index contributed by atoms with van der Waals surface area (Å²) in [5.74, 6) is 0.0712. The zero-order valence-electron chi connectivity index (χ0n) is 10.1.